The lowest BCUT2D eigenvalue weighted by molar-refractivity contribution is -0.118. The molecule has 7 heteroatoms. The fourth-order valence-electron chi connectivity index (χ4n) is 1.91. The first-order chi connectivity index (χ1) is 11.2. The second-order valence-electron chi connectivity index (χ2n) is 4.83. The van der Waals surface area contributed by atoms with Crippen molar-refractivity contribution in [1.82, 2.24) is 15.5 Å². The Balaban J connectivity index is 1.50. The van der Waals surface area contributed by atoms with E-state index in [0.717, 1.165) is 5.56 Å². The third kappa shape index (κ3) is 4.20. The van der Waals surface area contributed by atoms with Crippen molar-refractivity contribution in [2.45, 2.75) is 18.7 Å². The topological polar surface area (TPSA) is 68.0 Å². The summed E-state index contributed by atoms with van der Waals surface area (Å²) in [6, 6.07) is 11.6. The normalized spacial score (nSPS) is 10.7. The average Bonchev–Trinajstić information content (AvgIpc) is 3.21. The maximum Gasteiger partial charge on any atom is 0.277 e. The Morgan fingerprint density at radius 2 is 2.09 bits per heavy atom. The van der Waals surface area contributed by atoms with Crippen LogP contribution in [0.4, 0.5) is 0 Å². The zero-order chi connectivity index (χ0) is 16.1. The molecule has 1 amide bonds. The van der Waals surface area contributed by atoms with Gasteiger partial charge in [0.05, 0.1) is 12.3 Å². The molecule has 1 aromatic carbocycles. The van der Waals surface area contributed by atoms with Crippen LogP contribution in [0.3, 0.4) is 0 Å². The molecule has 0 atom stereocenters. The molecule has 1 N–H and O–H groups in total. The lowest BCUT2D eigenvalue weighted by Crippen LogP contribution is -2.24. The minimum atomic E-state index is -0.0535. The SMILES string of the molecule is Cc1ccsc1CNC(=O)CSc1nnc(-c2ccccc2)o1. The Morgan fingerprint density at radius 3 is 2.83 bits per heavy atom. The van der Waals surface area contributed by atoms with Gasteiger partial charge >= 0.3 is 0 Å². The highest BCUT2D eigenvalue weighted by Gasteiger charge is 2.11. The van der Waals surface area contributed by atoms with E-state index in [1.807, 2.05) is 48.7 Å². The van der Waals surface area contributed by atoms with Crippen molar-refractivity contribution >= 4 is 29.0 Å². The molecule has 2 aromatic heterocycles. The number of thiophene rings is 1. The molecule has 5 nitrogen and oxygen atoms in total. The molecule has 0 saturated carbocycles. The number of rotatable bonds is 6. The second-order valence-corrected chi connectivity index (χ2v) is 6.76. The molecule has 0 spiro atoms. The number of nitrogens with one attached hydrogen (secondary N) is 1. The van der Waals surface area contributed by atoms with Crippen molar-refractivity contribution < 1.29 is 9.21 Å². The molecule has 0 unspecified atom stereocenters. The van der Waals surface area contributed by atoms with Gasteiger partial charge in [-0.2, -0.15) is 0 Å². The van der Waals surface area contributed by atoms with Crippen LogP contribution < -0.4 is 5.32 Å². The van der Waals surface area contributed by atoms with Crippen LogP contribution in [0.5, 0.6) is 0 Å². The van der Waals surface area contributed by atoms with Crippen molar-refractivity contribution in [2.24, 2.45) is 0 Å². The van der Waals surface area contributed by atoms with Crippen LogP contribution in [-0.2, 0) is 11.3 Å². The predicted molar refractivity (Wildman–Crippen MR) is 91.4 cm³/mol. The molecular formula is C16H15N3O2S2. The highest BCUT2D eigenvalue weighted by molar-refractivity contribution is 7.99. The van der Waals surface area contributed by atoms with Crippen LogP contribution in [0, 0.1) is 6.92 Å². The summed E-state index contributed by atoms with van der Waals surface area (Å²) in [4.78, 5) is 13.1. The van der Waals surface area contributed by atoms with Gasteiger partial charge in [-0.25, -0.2) is 0 Å². The van der Waals surface area contributed by atoms with Gasteiger partial charge in [0.2, 0.25) is 11.8 Å². The fraction of sp³-hybridized carbons (Fsp3) is 0.188. The first kappa shape index (κ1) is 15.8. The molecule has 3 aromatic rings. The number of aryl methyl sites for hydroxylation is 1. The molecule has 0 aliphatic carbocycles. The van der Waals surface area contributed by atoms with Gasteiger partial charge in [-0.1, -0.05) is 30.0 Å². The maximum absolute atomic E-state index is 11.9. The van der Waals surface area contributed by atoms with E-state index in [0.29, 0.717) is 17.7 Å². The zero-order valence-corrected chi connectivity index (χ0v) is 14.1. The van der Waals surface area contributed by atoms with E-state index in [1.165, 1.54) is 22.2 Å². The predicted octanol–water partition coefficient (Wildman–Crippen LogP) is 3.52. The van der Waals surface area contributed by atoms with Crippen molar-refractivity contribution in [3.63, 3.8) is 0 Å². The maximum atomic E-state index is 11.9. The van der Waals surface area contributed by atoms with Crippen molar-refractivity contribution in [1.29, 1.82) is 0 Å². The molecule has 0 saturated heterocycles. The van der Waals surface area contributed by atoms with Crippen LogP contribution in [0.2, 0.25) is 0 Å². The highest BCUT2D eigenvalue weighted by Crippen LogP contribution is 2.22. The van der Waals surface area contributed by atoms with E-state index < -0.39 is 0 Å². The Labute approximate surface area is 142 Å². The molecule has 23 heavy (non-hydrogen) atoms. The minimum Gasteiger partial charge on any atom is -0.411 e. The molecule has 118 valence electrons. The number of hydrogen-bond donors (Lipinski definition) is 1. The van der Waals surface area contributed by atoms with Crippen LogP contribution in [0.15, 0.2) is 51.4 Å². The molecule has 0 bridgehead atoms. The van der Waals surface area contributed by atoms with Gasteiger partial charge in [0, 0.05) is 10.4 Å². The summed E-state index contributed by atoms with van der Waals surface area (Å²) in [7, 11) is 0. The number of hydrogen-bond acceptors (Lipinski definition) is 6. The van der Waals surface area contributed by atoms with Gasteiger partial charge in [-0.15, -0.1) is 21.5 Å². The molecular weight excluding hydrogens is 330 g/mol. The smallest absolute Gasteiger partial charge is 0.277 e. The molecule has 0 fully saturated rings. The monoisotopic (exact) mass is 345 g/mol. The largest absolute Gasteiger partial charge is 0.411 e. The first-order valence-corrected chi connectivity index (χ1v) is 8.90. The Bertz CT molecular complexity index is 783. The minimum absolute atomic E-state index is 0.0535. The summed E-state index contributed by atoms with van der Waals surface area (Å²) >= 11 is 2.88. The highest BCUT2D eigenvalue weighted by atomic mass is 32.2. The fourth-order valence-corrected chi connectivity index (χ4v) is 3.35. The third-order valence-electron chi connectivity index (χ3n) is 3.17. The lowest BCUT2D eigenvalue weighted by Gasteiger charge is -2.03. The number of benzene rings is 1. The van der Waals surface area contributed by atoms with Crippen molar-refractivity contribution in [2.75, 3.05) is 5.75 Å². The van der Waals surface area contributed by atoms with Crippen molar-refractivity contribution in [3.8, 4) is 11.5 Å². The second kappa shape index (κ2) is 7.43. The molecule has 2 heterocycles. The summed E-state index contributed by atoms with van der Waals surface area (Å²) in [6.07, 6.45) is 0. The molecule has 0 aliphatic rings. The number of nitrogens with zero attached hydrogens (tertiary/aromatic N) is 2. The van der Waals surface area contributed by atoms with E-state index in [-0.39, 0.29) is 11.7 Å². The summed E-state index contributed by atoms with van der Waals surface area (Å²) in [5.41, 5.74) is 2.07. The van der Waals surface area contributed by atoms with Crippen LogP contribution in [0.1, 0.15) is 10.4 Å². The van der Waals surface area contributed by atoms with Gasteiger partial charge in [0.15, 0.2) is 0 Å². The third-order valence-corrected chi connectivity index (χ3v) is 5.01. The van der Waals surface area contributed by atoms with E-state index in [4.69, 9.17) is 4.42 Å². The summed E-state index contributed by atoms with van der Waals surface area (Å²) in [6.45, 7) is 2.60. The molecule has 0 radical (unpaired) electrons. The summed E-state index contributed by atoms with van der Waals surface area (Å²) in [5.74, 6) is 0.658. The van der Waals surface area contributed by atoms with Crippen LogP contribution >= 0.6 is 23.1 Å². The number of thioether (sulfide) groups is 1. The van der Waals surface area contributed by atoms with Crippen LogP contribution in [-0.4, -0.2) is 21.9 Å². The Kier molecular flexibility index (Phi) is 5.09. The first-order valence-electron chi connectivity index (χ1n) is 7.04. The van der Waals surface area contributed by atoms with E-state index >= 15 is 0 Å². The molecule has 0 aliphatic heterocycles. The number of carbonyl (C=O) groups excluding carboxylic acids is 1. The summed E-state index contributed by atoms with van der Waals surface area (Å²) in [5, 5.41) is 13.3. The Morgan fingerprint density at radius 1 is 1.26 bits per heavy atom. The molecule has 3 rings (SSSR count). The van der Waals surface area contributed by atoms with Gasteiger partial charge in [-0.05, 0) is 36.1 Å². The Hall–Kier alpha value is -2.12. The van der Waals surface area contributed by atoms with Gasteiger partial charge in [-0.3, -0.25) is 4.79 Å². The quantitative estimate of drug-likeness (QED) is 0.692. The summed E-state index contributed by atoms with van der Waals surface area (Å²) < 4.78 is 5.55. The van der Waals surface area contributed by atoms with Crippen molar-refractivity contribution in [3.05, 3.63) is 52.2 Å². The number of aromatic nitrogens is 2. The number of carbonyl (C=O) groups is 1. The standard InChI is InChI=1S/C16H15N3O2S2/c1-11-7-8-22-13(11)9-17-14(20)10-23-16-19-18-15(21-16)12-5-3-2-4-6-12/h2-8H,9-10H2,1H3,(H,17,20). The zero-order valence-electron chi connectivity index (χ0n) is 12.5. The number of amides is 1. The van der Waals surface area contributed by atoms with E-state index in [9.17, 15) is 4.79 Å². The van der Waals surface area contributed by atoms with Crippen LogP contribution in [0.25, 0.3) is 11.5 Å². The lowest BCUT2D eigenvalue weighted by atomic mass is 10.2. The van der Waals surface area contributed by atoms with E-state index in [1.54, 1.807) is 11.3 Å². The average molecular weight is 345 g/mol. The van der Waals surface area contributed by atoms with Gasteiger partial charge < -0.3 is 9.73 Å². The van der Waals surface area contributed by atoms with E-state index in [2.05, 4.69) is 15.5 Å². The van der Waals surface area contributed by atoms with Gasteiger partial charge in [0.25, 0.3) is 5.22 Å². The van der Waals surface area contributed by atoms with Gasteiger partial charge in [0.1, 0.15) is 0 Å².